The van der Waals surface area contributed by atoms with Gasteiger partial charge in [-0.2, -0.15) is 0 Å². The van der Waals surface area contributed by atoms with E-state index in [1.54, 1.807) is 18.2 Å². The molecule has 0 aliphatic rings. The van der Waals surface area contributed by atoms with Crippen molar-refractivity contribution >= 4 is 32.9 Å². The molecule has 0 atom stereocenters. The Bertz CT molecular complexity index is 955. The van der Waals surface area contributed by atoms with E-state index in [0.717, 1.165) is 21.0 Å². The standard InChI is InChI=1S/C18H13BrO4/c1-10-15-9-14(22-11(2)20)7-8-16(15)23-18(21)17(10)12-3-5-13(19)6-4-12/h3-9H,1-2H3. The Morgan fingerprint density at radius 1 is 1.13 bits per heavy atom. The van der Waals surface area contributed by atoms with E-state index in [9.17, 15) is 9.59 Å². The van der Waals surface area contributed by atoms with Gasteiger partial charge in [-0.05, 0) is 48.4 Å². The van der Waals surface area contributed by atoms with Gasteiger partial charge in [0.25, 0.3) is 0 Å². The molecular formula is C18H13BrO4. The zero-order chi connectivity index (χ0) is 16.6. The predicted octanol–water partition coefficient (Wildman–Crippen LogP) is 4.46. The molecule has 0 amide bonds. The van der Waals surface area contributed by atoms with Crippen LogP contribution >= 0.6 is 15.9 Å². The third kappa shape index (κ3) is 3.05. The van der Waals surface area contributed by atoms with Crippen molar-refractivity contribution in [1.82, 2.24) is 0 Å². The van der Waals surface area contributed by atoms with Gasteiger partial charge >= 0.3 is 11.6 Å². The SMILES string of the molecule is CC(=O)Oc1ccc2oc(=O)c(-c3ccc(Br)cc3)c(C)c2c1. The Morgan fingerprint density at radius 2 is 1.83 bits per heavy atom. The Hall–Kier alpha value is -2.40. The second kappa shape index (κ2) is 6.01. The van der Waals surface area contributed by atoms with E-state index in [0.29, 0.717) is 16.9 Å². The molecule has 0 aliphatic heterocycles. The van der Waals surface area contributed by atoms with Crippen LogP contribution in [0.15, 0.2) is 56.1 Å². The van der Waals surface area contributed by atoms with Crippen LogP contribution in [0.4, 0.5) is 0 Å². The van der Waals surface area contributed by atoms with Gasteiger partial charge in [0, 0.05) is 16.8 Å². The van der Waals surface area contributed by atoms with Crippen molar-refractivity contribution in [1.29, 1.82) is 0 Å². The first-order chi connectivity index (χ1) is 11.0. The number of esters is 1. The highest BCUT2D eigenvalue weighted by atomic mass is 79.9. The average molecular weight is 373 g/mol. The Balaban J connectivity index is 2.24. The van der Waals surface area contributed by atoms with Crippen molar-refractivity contribution in [2.75, 3.05) is 0 Å². The lowest BCUT2D eigenvalue weighted by molar-refractivity contribution is -0.131. The van der Waals surface area contributed by atoms with Crippen molar-refractivity contribution in [3.8, 4) is 16.9 Å². The summed E-state index contributed by atoms with van der Waals surface area (Å²) in [6, 6.07) is 12.4. The molecule has 116 valence electrons. The van der Waals surface area contributed by atoms with Gasteiger partial charge in [0.05, 0.1) is 5.56 Å². The summed E-state index contributed by atoms with van der Waals surface area (Å²) in [5.74, 6) is 0.0243. The molecule has 0 N–H and O–H groups in total. The molecule has 3 aromatic rings. The van der Waals surface area contributed by atoms with E-state index in [1.807, 2.05) is 31.2 Å². The number of aryl methyl sites for hydroxylation is 1. The Morgan fingerprint density at radius 3 is 2.48 bits per heavy atom. The molecule has 0 saturated heterocycles. The Labute approximate surface area is 140 Å². The van der Waals surface area contributed by atoms with Gasteiger partial charge in [-0.25, -0.2) is 4.79 Å². The topological polar surface area (TPSA) is 56.5 Å². The number of fused-ring (bicyclic) bond motifs is 1. The second-order valence-electron chi connectivity index (χ2n) is 5.15. The van der Waals surface area contributed by atoms with E-state index in [2.05, 4.69) is 15.9 Å². The third-order valence-electron chi connectivity index (χ3n) is 3.53. The lowest BCUT2D eigenvalue weighted by Gasteiger charge is -2.09. The molecule has 0 bridgehead atoms. The maximum atomic E-state index is 12.3. The fourth-order valence-corrected chi connectivity index (χ4v) is 2.77. The van der Waals surface area contributed by atoms with Crippen LogP contribution in [-0.2, 0) is 4.79 Å². The van der Waals surface area contributed by atoms with Crippen molar-refractivity contribution in [3.63, 3.8) is 0 Å². The van der Waals surface area contributed by atoms with Crippen molar-refractivity contribution in [2.45, 2.75) is 13.8 Å². The first-order valence-corrected chi connectivity index (χ1v) is 7.77. The normalized spacial score (nSPS) is 10.7. The minimum absolute atomic E-state index is 0.391. The average Bonchev–Trinajstić information content (AvgIpc) is 2.49. The van der Waals surface area contributed by atoms with Crippen LogP contribution in [0.2, 0.25) is 0 Å². The molecule has 4 nitrogen and oxygen atoms in total. The number of halogens is 1. The van der Waals surface area contributed by atoms with Gasteiger partial charge in [0.2, 0.25) is 0 Å². The maximum Gasteiger partial charge on any atom is 0.344 e. The highest BCUT2D eigenvalue weighted by Crippen LogP contribution is 2.29. The van der Waals surface area contributed by atoms with Crippen LogP contribution in [0.1, 0.15) is 12.5 Å². The van der Waals surface area contributed by atoms with Crippen molar-refractivity contribution in [3.05, 3.63) is 62.9 Å². The molecule has 1 heterocycles. The van der Waals surface area contributed by atoms with Crippen LogP contribution in [-0.4, -0.2) is 5.97 Å². The second-order valence-corrected chi connectivity index (χ2v) is 6.06. The largest absolute Gasteiger partial charge is 0.427 e. The molecule has 0 unspecified atom stereocenters. The Kier molecular flexibility index (Phi) is 4.05. The summed E-state index contributed by atoms with van der Waals surface area (Å²) in [6.07, 6.45) is 0. The molecule has 0 spiro atoms. The molecular weight excluding hydrogens is 360 g/mol. The number of carbonyl (C=O) groups excluding carboxylic acids is 1. The summed E-state index contributed by atoms with van der Waals surface area (Å²) in [4.78, 5) is 23.4. The summed E-state index contributed by atoms with van der Waals surface area (Å²) in [5.41, 5.74) is 2.14. The van der Waals surface area contributed by atoms with Gasteiger partial charge in [-0.15, -0.1) is 0 Å². The molecule has 23 heavy (non-hydrogen) atoms. The molecule has 2 aromatic carbocycles. The lowest BCUT2D eigenvalue weighted by Crippen LogP contribution is -2.06. The number of benzene rings is 2. The van der Waals surface area contributed by atoms with Gasteiger partial charge in [0.15, 0.2) is 0 Å². The van der Waals surface area contributed by atoms with E-state index >= 15 is 0 Å². The van der Waals surface area contributed by atoms with Gasteiger partial charge in [-0.1, -0.05) is 28.1 Å². The van der Waals surface area contributed by atoms with Crippen molar-refractivity contribution in [2.24, 2.45) is 0 Å². The summed E-state index contributed by atoms with van der Waals surface area (Å²) in [5, 5.41) is 0.737. The fraction of sp³-hybridized carbons (Fsp3) is 0.111. The monoisotopic (exact) mass is 372 g/mol. The molecule has 5 heteroatoms. The van der Waals surface area contributed by atoms with E-state index in [4.69, 9.17) is 9.15 Å². The number of ether oxygens (including phenoxy) is 1. The highest BCUT2D eigenvalue weighted by Gasteiger charge is 2.14. The quantitative estimate of drug-likeness (QED) is 0.378. The molecule has 1 aromatic heterocycles. The van der Waals surface area contributed by atoms with Crippen LogP contribution in [0.5, 0.6) is 5.75 Å². The molecule has 0 saturated carbocycles. The summed E-state index contributed by atoms with van der Waals surface area (Å²) < 4.78 is 11.4. The fourth-order valence-electron chi connectivity index (χ4n) is 2.51. The smallest absolute Gasteiger partial charge is 0.344 e. The minimum atomic E-state index is -0.396. The summed E-state index contributed by atoms with van der Waals surface area (Å²) in [6.45, 7) is 3.20. The highest BCUT2D eigenvalue weighted by molar-refractivity contribution is 9.10. The lowest BCUT2D eigenvalue weighted by atomic mass is 9.99. The molecule has 0 radical (unpaired) electrons. The maximum absolute atomic E-state index is 12.3. The summed E-state index contributed by atoms with van der Waals surface area (Å²) >= 11 is 3.38. The van der Waals surface area contributed by atoms with Gasteiger partial charge < -0.3 is 9.15 Å². The molecule has 0 aliphatic carbocycles. The van der Waals surface area contributed by atoms with Gasteiger partial charge in [-0.3, -0.25) is 4.79 Å². The van der Waals surface area contributed by atoms with E-state index in [1.165, 1.54) is 6.92 Å². The zero-order valence-corrected chi connectivity index (χ0v) is 14.1. The molecule has 0 fully saturated rings. The first-order valence-electron chi connectivity index (χ1n) is 6.97. The van der Waals surface area contributed by atoms with Crippen LogP contribution in [0, 0.1) is 6.92 Å². The van der Waals surface area contributed by atoms with E-state index in [-0.39, 0.29) is 0 Å². The van der Waals surface area contributed by atoms with Crippen LogP contribution in [0.25, 0.3) is 22.1 Å². The van der Waals surface area contributed by atoms with Crippen molar-refractivity contribution < 1.29 is 13.9 Å². The minimum Gasteiger partial charge on any atom is -0.427 e. The van der Waals surface area contributed by atoms with Gasteiger partial charge in [0.1, 0.15) is 11.3 Å². The molecule has 3 rings (SSSR count). The number of rotatable bonds is 2. The predicted molar refractivity (Wildman–Crippen MR) is 91.7 cm³/mol. The number of hydrogen-bond donors (Lipinski definition) is 0. The number of carbonyl (C=O) groups is 1. The van der Waals surface area contributed by atoms with Crippen LogP contribution in [0.3, 0.4) is 0 Å². The summed E-state index contributed by atoms with van der Waals surface area (Å²) in [7, 11) is 0. The zero-order valence-electron chi connectivity index (χ0n) is 12.6. The van der Waals surface area contributed by atoms with Crippen LogP contribution < -0.4 is 10.4 Å². The first kappa shape index (κ1) is 15.5. The number of hydrogen-bond acceptors (Lipinski definition) is 4. The van der Waals surface area contributed by atoms with E-state index < -0.39 is 11.6 Å². The third-order valence-corrected chi connectivity index (χ3v) is 4.06.